The van der Waals surface area contributed by atoms with Crippen LogP contribution in [-0.4, -0.2) is 9.52 Å². The number of benzene rings is 2. The minimum absolute atomic E-state index is 0. The summed E-state index contributed by atoms with van der Waals surface area (Å²) in [5.74, 6) is 0. The Morgan fingerprint density at radius 2 is 1.04 bits per heavy atom. The van der Waals surface area contributed by atoms with Gasteiger partial charge in [-0.2, -0.15) is 12.1 Å². The van der Waals surface area contributed by atoms with Crippen molar-refractivity contribution in [1.82, 2.24) is 0 Å². The summed E-state index contributed by atoms with van der Waals surface area (Å²) < 4.78 is 0. The van der Waals surface area contributed by atoms with Crippen LogP contribution in [0.3, 0.4) is 0 Å². The van der Waals surface area contributed by atoms with Crippen molar-refractivity contribution >= 4 is 31.1 Å². The van der Waals surface area contributed by atoms with Gasteiger partial charge in [-0.1, -0.05) is 51.9 Å². The molecule has 2 heteroatoms. The van der Waals surface area contributed by atoms with E-state index in [-0.39, 0.29) is 26.2 Å². The van der Waals surface area contributed by atoms with Crippen LogP contribution in [0, 0.1) is 0 Å². The molecular formula is C26H32SiZr. The van der Waals surface area contributed by atoms with E-state index < -0.39 is 0 Å². The van der Waals surface area contributed by atoms with E-state index in [4.69, 9.17) is 0 Å². The van der Waals surface area contributed by atoms with Gasteiger partial charge in [0.1, 0.15) is 0 Å². The predicted octanol–water partition coefficient (Wildman–Crippen LogP) is 7.81. The molecule has 0 aromatic heterocycles. The van der Waals surface area contributed by atoms with E-state index in [1.807, 2.05) is 0 Å². The van der Waals surface area contributed by atoms with Crippen LogP contribution in [0.2, 0.25) is 13.1 Å². The minimum Gasteiger partial charge on any atom is -0.165 e. The second kappa shape index (κ2) is 13.9. The summed E-state index contributed by atoms with van der Waals surface area (Å²) in [4.78, 5) is 0. The largest absolute Gasteiger partial charge is 2.00 e. The molecule has 0 fully saturated rings. The summed E-state index contributed by atoms with van der Waals surface area (Å²) in [5.41, 5.74) is 2.94. The molecule has 0 bridgehead atoms. The molecule has 0 heterocycles. The van der Waals surface area contributed by atoms with E-state index in [0.717, 1.165) is 9.52 Å². The fraction of sp³-hybridized carbons (Fsp3) is 0.308. The maximum absolute atomic E-state index is 2.29. The third-order valence-electron chi connectivity index (χ3n) is 4.43. The van der Waals surface area contributed by atoms with Crippen molar-refractivity contribution in [2.75, 3.05) is 0 Å². The molecule has 0 nitrogen and oxygen atoms in total. The Bertz CT molecular complexity index is 774. The summed E-state index contributed by atoms with van der Waals surface area (Å²) >= 11 is 0. The van der Waals surface area contributed by atoms with E-state index in [2.05, 4.69) is 99.7 Å². The first kappa shape index (κ1) is 24.8. The van der Waals surface area contributed by atoms with E-state index >= 15 is 0 Å². The Labute approximate surface area is 193 Å². The average molecular weight is 464 g/mol. The molecule has 4 aromatic carbocycles. The molecule has 4 rings (SSSR count). The van der Waals surface area contributed by atoms with Gasteiger partial charge in [0.25, 0.3) is 0 Å². The van der Waals surface area contributed by atoms with Gasteiger partial charge in [-0.15, -0.1) is 81.2 Å². The normalized spacial score (nSPS) is 9.86. The van der Waals surface area contributed by atoms with E-state index in [1.165, 1.54) is 58.4 Å². The molecule has 0 spiro atoms. The van der Waals surface area contributed by atoms with Gasteiger partial charge in [0.2, 0.25) is 0 Å². The molecule has 0 aliphatic rings. The Kier molecular flexibility index (Phi) is 12.3. The van der Waals surface area contributed by atoms with Gasteiger partial charge < -0.3 is 0 Å². The zero-order valence-corrected chi connectivity index (χ0v) is 21.2. The molecule has 144 valence electrons. The molecule has 2 radical (unpaired) electrons. The van der Waals surface area contributed by atoms with Gasteiger partial charge in [-0.3, -0.25) is 0 Å². The van der Waals surface area contributed by atoms with Crippen molar-refractivity contribution in [1.29, 1.82) is 0 Å². The van der Waals surface area contributed by atoms with Crippen LogP contribution in [0.1, 0.15) is 37.8 Å². The van der Waals surface area contributed by atoms with Crippen molar-refractivity contribution in [2.24, 2.45) is 0 Å². The maximum Gasteiger partial charge on any atom is 2.00 e. The molecule has 0 aliphatic heterocycles. The van der Waals surface area contributed by atoms with E-state index in [9.17, 15) is 0 Å². The van der Waals surface area contributed by atoms with E-state index in [0.29, 0.717) is 0 Å². The molecule has 0 saturated carbocycles. The molecule has 0 saturated heterocycles. The molecular weight excluding hydrogens is 432 g/mol. The topological polar surface area (TPSA) is 0 Å². The van der Waals surface area contributed by atoms with Crippen molar-refractivity contribution in [3.05, 3.63) is 83.9 Å². The van der Waals surface area contributed by atoms with E-state index in [1.54, 1.807) is 0 Å². The van der Waals surface area contributed by atoms with Crippen LogP contribution in [0.15, 0.2) is 72.8 Å². The number of hydrogen-bond donors (Lipinski definition) is 0. The SMILES string of the molecule is CCCc1cc2ccccc2[cH-]1.CCCc1cc2ccccc2[cH-]1.C[Si]C.[Zr+2]. The zero-order valence-electron chi connectivity index (χ0n) is 17.8. The first-order valence-corrected chi connectivity index (χ1v) is 12.1. The molecule has 0 aliphatic carbocycles. The first-order chi connectivity index (χ1) is 13.2. The Morgan fingerprint density at radius 3 is 1.36 bits per heavy atom. The second-order valence-electron chi connectivity index (χ2n) is 6.99. The third kappa shape index (κ3) is 7.64. The molecule has 4 aromatic rings. The fourth-order valence-electron chi connectivity index (χ4n) is 3.30. The van der Waals surface area contributed by atoms with Crippen molar-refractivity contribution in [2.45, 2.75) is 52.6 Å². The van der Waals surface area contributed by atoms with Gasteiger partial charge in [0.05, 0.1) is 0 Å². The Hall–Kier alpha value is -1.24. The van der Waals surface area contributed by atoms with Crippen LogP contribution in [0.25, 0.3) is 21.5 Å². The summed E-state index contributed by atoms with van der Waals surface area (Å²) in [6.45, 7) is 8.75. The first-order valence-electron chi connectivity index (χ1n) is 10.1. The molecule has 28 heavy (non-hydrogen) atoms. The van der Waals surface area contributed by atoms with Crippen LogP contribution in [0.5, 0.6) is 0 Å². The quantitative estimate of drug-likeness (QED) is 0.214. The van der Waals surface area contributed by atoms with Gasteiger partial charge >= 0.3 is 26.2 Å². The average Bonchev–Trinajstić information content (AvgIpc) is 3.26. The van der Waals surface area contributed by atoms with Gasteiger partial charge in [-0.05, 0) is 12.8 Å². The predicted molar refractivity (Wildman–Crippen MR) is 125 cm³/mol. The van der Waals surface area contributed by atoms with Gasteiger partial charge in [-0.25, -0.2) is 0 Å². The Morgan fingerprint density at radius 1 is 0.679 bits per heavy atom. The van der Waals surface area contributed by atoms with Gasteiger partial charge in [0.15, 0.2) is 0 Å². The number of hydrogen-bond acceptors (Lipinski definition) is 0. The summed E-state index contributed by atoms with van der Waals surface area (Å²) in [5, 5.41) is 5.50. The second-order valence-corrected chi connectivity index (χ2v) is 7.99. The number of fused-ring (bicyclic) bond motifs is 2. The monoisotopic (exact) mass is 462 g/mol. The molecule has 0 atom stereocenters. The third-order valence-corrected chi connectivity index (χ3v) is 4.43. The minimum atomic E-state index is 0. The summed E-state index contributed by atoms with van der Waals surface area (Å²) in [6.07, 6.45) is 4.87. The van der Waals surface area contributed by atoms with Crippen molar-refractivity contribution < 1.29 is 26.2 Å². The zero-order chi connectivity index (χ0) is 19.5. The number of rotatable bonds is 4. The van der Waals surface area contributed by atoms with Crippen LogP contribution in [-0.2, 0) is 39.0 Å². The molecule has 0 unspecified atom stereocenters. The number of aryl methyl sites for hydroxylation is 2. The summed E-state index contributed by atoms with van der Waals surface area (Å²) in [7, 11) is 1.08. The van der Waals surface area contributed by atoms with Crippen molar-refractivity contribution in [3.63, 3.8) is 0 Å². The smallest absolute Gasteiger partial charge is 0.165 e. The maximum atomic E-state index is 2.29. The van der Waals surface area contributed by atoms with Crippen LogP contribution in [0.4, 0.5) is 0 Å². The van der Waals surface area contributed by atoms with Crippen LogP contribution >= 0.6 is 0 Å². The Balaban J connectivity index is 0.000000239. The standard InChI is InChI=1S/2C12H13.C2H6Si.Zr/c2*1-2-5-10-8-11-6-3-4-7-12(11)9-10;1-3-2;/h2*3-4,6-9H,2,5H2,1H3;1-2H3;/q2*-1;;+2. The molecule has 0 N–H and O–H groups in total. The van der Waals surface area contributed by atoms with Crippen LogP contribution < -0.4 is 0 Å². The van der Waals surface area contributed by atoms with Crippen molar-refractivity contribution in [3.8, 4) is 0 Å². The molecule has 0 amide bonds. The summed E-state index contributed by atoms with van der Waals surface area (Å²) in [6, 6.07) is 26.2. The van der Waals surface area contributed by atoms with Gasteiger partial charge in [0, 0.05) is 9.52 Å². The fourth-order valence-corrected chi connectivity index (χ4v) is 3.30.